The molecule has 1 atom stereocenters. The third-order valence-corrected chi connectivity index (χ3v) is 3.75. The summed E-state index contributed by atoms with van der Waals surface area (Å²) in [6.45, 7) is 1.87. The van der Waals surface area contributed by atoms with E-state index in [1.807, 2.05) is 6.92 Å². The molecule has 0 saturated heterocycles. The minimum absolute atomic E-state index is 0.0537. The molecule has 8 nitrogen and oxygen atoms in total. The van der Waals surface area contributed by atoms with Crippen LogP contribution in [-0.2, 0) is 14.8 Å². The van der Waals surface area contributed by atoms with Crippen LogP contribution in [0, 0.1) is 5.92 Å². The monoisotopic (exact) mass is 314 g/mol. The Morgan fingerprint density at radius 1 is 1.38 bits per heavy atom. The zero-order valence-corrected chi connectivity index (χ0v) is 12.3. The molecule has 0 bridgehead atoms. The molecule has 0 heterocycles. The molecule has 0 aliphatic carbocycles. The van der Waals surface area contributed by atoms with E-state index in [4.69, 9.17) is 16.1 Å². The van der Waals surface area contributed by atoms with Crippen LogP contribution in [0.5, 0.6) is 0 Å². The van der Waals surface area contributed by atoms with E-state index in [1.165, 1.54) is 24.3 Å². The van der Waals surface area contributed by atoms with Gasteiger partial charge < -0.3 is 16.3 Å². The number of anilines is 1. The molecule has 1 rings (SSSR count). The van der Waals surface area contributed by atoms with Crippen molar-refractivity contribution in [3.63, 3.8) is 0 Å². The second-order valence-corrected chi connectivity index (χ2v) is 5.99. The highest BCUT2D eigenvalue weighted by Crippen LogP contribution is 2.15. The molecule has 0 aromatic heterocycles. The van der Waals surface area contributed by atoms with E-state index in [9.17, 15) is 13.2 Å². The molecule has 9 heteroatoms. The van der Waals surface area contributed by atoms with Gasteiger partial charge in [0.15, 0.2) is 5.84 Å². The highest BCUT2D eigenvalue weighted by atomic mass is 32.2. The van der Waals surface area contributed by atoms with Gasteiger partial charge in [0, 0.05) is 5.69 Å². The molecule has 0 spiro atoms. The van der Waals surface area contributed by atoms with E-state index in [1.54, 1.807) is 0 Å². The molecule has 116 valence electrons. The molecule has 0 aliphatic rings. The third-order valence-electron chi connectivity index (χ3n) is 2.82. The van der Waals surface area contributed by atoms with E-state index < -0.39 is 21.8 Å². The highest BCUT2D eigenvalue weighted by molar-refractivity contribution is 7.89. The Kier molecular flexibility index (Phi) is 5.68. The van der Waals surface area contributed by atoms with Gasteiger partial charge in [-0.15, -0.1) is 0 Å². The Bertz CT molecular complexity index is 625. The number of amidine groups is 1. The number of nitrogens with two attached hydrogens (primary N) is 2. The van der Waals surface area contributed by atoms with Crippen LogP contribution in [0.4, 0.5) is 5.69 Å². The number of nitrogens with zero attached hydrogens (tertiary/aromatic N) is 1. The number of carbonyl (C=O) groups excluding carboxylic acids is 1. The number of sulfonamides is 1. The smallest absolute Gasteiger partial charge is 0.238 e. The number of primary sulfonamides is 1. The fourth-order valence-corrected chi connectivity index (χ4v) is 2.24. The second-order valence-electron chi connectivity index (χ2n) is 4.42. The predicted molar refractivity (Wildman–Crippen MR) is 78.3 cm³/mol. The predicted octanol–water partition coefficient (Wildman–Crippen LogP) is 0.435. The largest absolute Gasteiger partial charge is 0.409 e. The SMILES string of the molecule is CCCC(C(=O)Nc1ccc(S(N)(=O)=O)cc1)C(N)=NO. The summed E-state index contributed by atoms with van der Waals surface area (Å²) in [7, 11) is -3.78. The van der Waals surface area contributed by atoms with Gasteiger partial charge in [-0.05, 0) is 30.7 Å². The summed E-state index contributed by atoms with van der Waals surface area (Å²) in [6.07, 6.45) is 1.11. The topological polar surface area (TPSA) is 148 Å². The number of amides is 1. The Hall–Kier alpha value is -2.13. The van der Waals surface area contributed by atoms with Gasteiger partial charge in [0.1, 0.15) is 0 Å². The van der Waals surface area contributed by atoms with Gasteiger partial charge in [-0.2, -0.15) is 0 Å². The standard InChI is InChI=1S/C12H18N4O4S/c1-2-3-10(11(13)16-18)12(17)15-8-4-6-9(7-5-8)21(14,19)20/h4-7,10,18H,2-3H2,1H3,(H2,13,16)(H,15,17)(H2,14,19,20). The average molecular weight is 314 g/mol. The molecule has 21 heavy (non-hydrogen) atoms. The van der Waals surface area contributed by atoms with E-state index >= 15 is 0 Å². The van der Waals surface area contributed by atoms with Crippen LogP contribution in [0.2, 0.25) is 0 Å². The van der Waals surface area contributed by atoms with E-state index in [0.717, 1.165) is 0 Å². The minimum atomic E-state index is -3.78. The van der Waals surface area contributed by atoms with Crippen molar-refractivity contribution in [3.8, 4) is 0 Å². The quantitative estimate of drug-likeness (QED) is 0.260. The summed E-state index contributed by atoms with van der Waals surface area (Å²) in [5.41, 5.74) is 5.87. The Labute approximate surface area is 122 Å². The maximum atomic E-state index is 12.1. The van der Waals surface area contributed by atoms with Gasteiger partial charge in [-0.1, -0.05) is 18.5 Å². The number of hydrogen-bond acceptors (Lipinski definition) is 5. The maximum Gasteiger partial charge on any atom is 0.238 e. The first-order chi connectivity index (χ1) is 9.79. The van der Waals surface area contributed by atoms with Gasteiger partial charge >= 0.3 is 0 Å². The molecule has 1 aromatic rings. The maximum absolute atomic E-state index is 12.1. The molecule has 0 fully saturated rings. The molecule has 1 amide bonds. The molecule has 0 radical (unpaired) electrons. The fraction of sp³-hybridized carbons (Fsp3) is 0.333. The van der Waals surface area contributed by atoms with E-state index in [2.05, 4.69) is 10.5 Å². The zero-order chi connectivity index (χ0) is 16.0. The Morgan fingerprint density at radius 2 is 1.95 bits per heavy atom. The van der Waals surface area contributed by atoms with Gasteiger partial charge in [0.05, 0.1) is 10.8 Å². The number of hydrogen-bond donors (Lipinski definition) is 4. The molecule has 0 saturated carbocycles. The van der Waals surface area contributed by atoms with Crippen molar-refractivity contribution in [3.05, 3.63) is 24.3 Å². The van der Waals surface area contributed by atoms with Gasteiger partial charge in [-0.3, -0.25) is 4.79 Å². The van der Waals surface area contributed by atoms with Gasteiger partial charge in [0.25, 0.3) is 0 Å². The second kappa shape index (κ2) is 7.04. The molecular formula is C12H18N4O4S. The van der Waals surface area contributed by atoms with Crippen molar-refractivity contribution in [1.82, 2.24) is 0 Å². The van der Waals surface area contributed by atoms with Crippen molar-refractivity contribution >= 4 is 27.5 Å². The van der Waals surface area contributed by atoms with E-state index in [-0.39, 0.29) is 10.7 Å². The first kappa shape index (κ1) is 16.9. The van der Waals surface area contributed by atoms with Crippen LogP contribution in [0.3, 0.4) is 0 Å². The lowest BCUT2D eigenvalue weighted by atomic mass is 10.0. The van der Waals surface area contributed by atoms with Crippen LogP contribution in [0.25, 0.3) is 0 Å². The molecule has 1 unspecified atom stereocenters. The molecular weight excluding hydrogens is 296 g/mol. The van der Waals surface area contributed by atoms with Crippen molar-refractivity contribution in [2.24, 2.45) is 21.9 Å². The highest BCUT2D eigenvalue weighted by Gasteiger charge is 2.22. The van der Waals surface area contributed by atoms with Crippen LogP contribution in [-0.4, -0.2) is 25.4 Å². The van der Waals surface area contributed by atoms with Crippen LogP contribution < -0.4 is 16.2 Å². The molecule has 0 aliphatic heterocycles. The number of oxime groups is 1. The lowest BCUT2D eigenvalue weighted by Gasteiger charge is -2.14. The van der Waals surface area contributed by atoms with Crippen molar-refractivity contribution in [2.75, 3.05) is 5.32 Å². The molecule has 1 aromatic carbocycles. The summed E-state index contributed by atoms with van der Waals surface area (Å²) < 4.78 is 22.2. The van der Waals surface area contributed by atoms with Crippen molar-refractivity contribution < 1.29 is 18.4 Å². The average Bonchev–Trinajstić information content (AvgIpc) is 2.43. The van der Waals surface area contributed by atoms with Crippen molar-refractivity contribution in [1.29, 1.82) is 0 Å². The summed E-state index contributed by atoms with van der Waals surface area (Å²) in [5, 5.41) is 19.1. The first-order valence-corrected chi connectivity index (χ1v) is 7.75. The summed E-state index contributed by atoms with van der Waals surface area (Å²) in [4.78, 5) is 12.0. The lowest BCUT2D eigenvalue weighted by molar-refractivity contribution is -0.118. The zero-order valence-electron chi connectivity index (χ0n) is 11.5. The minimum Gasteiger partial charge on any atom is -0.409 e. The summed E-state index contributed by atoms with van der Waals surface area (Å²) >= 11 is 0. The van der Waals surface area contributed by atoms with Crippen LogP contribution in [0.1, 0.15) is 19.8 Å². The fourth-order valence-electron chi connectivity index (χ4n) is 1.73. The van der Waals surface area contributed by atoms with Gasteiger partial charge in [0.2, 0.25) is 15.9 Å². The lowest BCUT2D eigenvalue weighted by Crippen LogP contribution is -2.34. The van der Waals surface area contributed by atoms with Crippen LogP contribution >= 0.6 is 0 Å². The Balaban J connectivity index is 2.87. The summed E-state index contributed by atoms with van der Waals surface area (Å²) in [5.74, 6) is -1.36. The van der Waals surface area contributed by atoms with Crippen molar-refractivity contribution in [2.45, 2.75) is 24.7 Å². The number of nitrogens with one attached hydrogen (secondary N) is 1. The molecule has 6 N–H and O–H groups in total. The number of carbonyl (C=O) groups is 1. The van der Waals surface area contributed by atoms with Crippen LogP contribution in [0.15, 0.2) is 34.3 Å². The van der Waals surface area contributed by atoms with E-state index in [0.29, 0.717) is 18.5 Å². The normalized spacial score (nSPS) is 13.7. The first-order valence-electron chi connectivity index (χ1n) is 6.20. The summed E-state index contributed by atoms with van der Waals surface area (Å²) in [6, 6.07) is 5.38. The number of rotatable bonds is 6. The van der Waals surface area contributed by atoms with Gasteiger partial charge in [-0.25, -0.2) is 13.6 Å². The Morgan fingerprint density at radius 3 is 2.38 bits per heavy atom. The third kappa shape index (κ3) is 4.72. The number of benzene rings is 1.